The molecular formula is C22H19F3N2O5. The summed E-state index contributed by atoms with van der Waals surface area (Å²) >= 11 is 0. The number of aromatic nitrogens is 1. The molecule has 0 radical (unpaired) electrons. The molecule has 3 aromatic rings. The number of esters is 1. The maximum atomic E-state index is 13.2. The first-order valence-electron chi connectivity index (χ1n) is 9.35. The largest absolute Gasteiger partial charge is 0.488 e. The van der Waals surface area contributed by atoms with Gasteiger partial charge in [-0.05, 0) is 50.2 Å². The average molecular weight is 448 g/mol. The number of carbonyl (C=O) groups excluding carboxylic acids is 2. The molecule has 0 aliphatic heterocycles. The van der Waals surface area contributed by atoms with Gasteiger partial charge in [0.2, 0.25) is 0 Å². The lowest BCUT2D eigenvalue weighted by Crippen LogP contribution is -2.16. The first-order chi connectivity index (χ1) is 15.1. The van der Waals surface area contributed by atoms with Crippen LogP contribution in [-0.2, 0) is 17.5 Å². The minimum Gasteiger partial charge on any atom is -0.488 e. The second-order valence-corrected chi connectivity index (χ2v) is 6.83. The normalized spacial score (nSPS) is 11.2. The molecule has 2 aromatic carbocycles. The Morgan fingerprint density at radius 3 is 2.50 bits per heavy atom. The molecule has 0 aliphatic rings. The van der Waals surface area contributed by atoms with Gasteiger partial charge in [0.15, 0.2) is 0 Å². The number of anilines is 1. The molecule has 168 valence electrons. The van der Waals surface area contributed by atoms with Gasteiger partial charge in [-0.1, -0.05) is 11.2 Å². The summed E-state index contributed by atoms with van der Waals surface area (Å²) in [6.07, 6.45) is -4.62. The van der Waals surface area contributed by atoms with Crippen LogP contribution >= 0.6 is 0 Å². The Bertz CT molecular complexity index is 1140. The lowest BCUT2D eigenvalue weighted by molar-refractivity contribution is -0.137. The molecule has 0 spiro atoms. The molecule has 0 atom stereocenters. The van der Waals surface area contributed by atoms with E-state index in [-0.39, 0.29) is 29.2 Å². The van der Waals surface area contributed by atoms with E-state index in [0.29, 0.717) is 17.0 Å². The van der Waals surface area contributed by atoms with Crippen molar-refractivity contribution in [1.29, 1.82) is 0 Å². The van der Waals surface area contributed by atoms with Gasteiger partial charge in [-0.3, -0.25) is 4.79 Å². The minimum atomic E-state index is -4.62. The number of benzene rings is 2. The van der Waals surface area contributed by atoms with E-state index in [1.807, 2.05) is 0 Å². The third-order valence-corrected chi connectivity index (χ3v) is 4.65. The number of hydrogen-bond acceptors (Lipinski definition) is 6. The summed E-state index contributed by atoms with van der Waals surface area (Å²) < 4.78 is 54.9. The standard InChI is InChI=1S/C22H19F3N2O5/c1-12-18(13(2)32-27-12)11-31-19-10-15(22(23,24)25)7-8-17(19)20(28)26-16-6-4-5-14(9-16)21(29)30-3/h4-10H,11H2,1-3H3,(H,26,28). The van der Waals surface area contributed by atoms with Gasteiger partial charge in [0, 0.05) is 5.69 Å². The molecule has 0 aliphatic carbocycles. The predicted molar refractivity (Wildman–Crippen MR) is 107 cm³/mol. The summed E-state index contributed by atoms with van der Waals surface area (Å²) in [5.74, 6) is -1.12. The number of amides is 1. The van der Waals surface area contributed by atoms with Crippen LogP contribution in [-0.4, -0.2) is 24.1 Å². The summed E-state index contributed by atoms with van der Waals surface area (Å²) in [7, 11) is 1.22. The summed E-state index contributed by atoms with van der Waals surface area (Å²) in [6.45, 7) is 3.18. The van der Waals surface area contributed by atoms with Gasteiger partial charge >= 0.3 is 12.1 Å². The van der Waals surface area contributed by atoms with E-state index in [1.165, 1.54) is 31.4 Å². The fourth-order valence-corrected chi connectivity index (χ4v) is 2.90. The highest BCUT2D eigenvalue weighted by Gasteiger charge is 2.32. The zero-order chi connectivity index (χ0) is 23.5. The van der Waals surface area contributed by atoms with Gasteiger partial charge in [0.25, 0.3) is 5.91 Å². The van der Waals surface area contributed by atoms with E-state index in [4.69, 9.17) is 9.26 Å². The van der Waals surface area contributed by atoms with E-state index in [0.717, 1.165) is 18.2 Å². The van der Waals surface area contributed by atoms with Crippen molar-refractivity contribution in [3.05, 3.63) is 76.2 Å². The zero-order valence-electron chi connectivity index (χ0n) is 17.4. The summed E-state index contributed by atoms with van der Waals surface area (Å²) in [5, 5.41) is 6.33. The van der Waals surface area contributed by atoms with Crippen LogP contribution in [0.2, 0.25) is 0 Å². The second-order valence-electron chi connectivity index (χ2n) is 6.83. The van der Waals surface area contributed by atoms with E-state index in [9.17, 15) is 22.8 Å². The van der Waals surface area contributed by atoms with Crippen LogP contribution in [0.1, 0.15) is 43.3 Å². The number of nitrogens with zero attached hydrogens (tertiary/aromatic N) is 1. The number of alkyl halides is 3. The van der Waals surface area contributed by atoms with Crippen molar-refractivity contribution in [3.63, 3.8) is 0 Å². The van der Waals surface area contributed by atoms with Crippen LogP contribution in [0.25, 0.3) is 0 Å². The third kappa shape index (κ3) is 5.08. The van der Waals surface area contributed by atoms with Crippen LogP contribution in [0.3, 0.4) is 0 Å². The molecule has 0 unspecified atom stereocenters. The van der Waals surface area contributed by atoms with Gasteiger partial charge in [0.1, 0.15) is 18.1 Å². The Balaban J connectivity index is 1.90. The maximum Gasteiger partial charge on any atom is 0.416 e. The molecule has 32 heavy (non-hydrogen) atoms. The summed E-state index contributed by atoms with van der Waals surface area (Å²) in [5.41, 5.74) is 0.477. The highest BCUT2D eigenvalue weighted by molar-refractivity contribution is 6.06. The Labute approximate surface area is 181 Å². The van der Waals surface area contributed by atoms with E-state index < -0.39 is 23.6 Å². The van der Waals surface area contributed by atoms with Crippen LogP contribution in [0.4, 0.5) is 18.9 Å². The highest BCUT2D eigenvalue weighted by Crippen LogP contribution is 2.34. The molecule has 1 aromatic heterocycles. The number of methoxy groups -OCH3 is 1. The highest BCUT2D eigenvalue weighted by atomic mass is 19.4. The van der Waals surface area contributed by atoms with Crippen molar-refractivity contribution in [2.24, 2.45) is 0 Å². The molecular weight excluding hydrogens is 429 g/mol. The first-order valence-corrected chi connectivity index (χ1v) is 9.35. The topological polar surface area (TPSA) is 90.7 Å². The average Bonchev–Trinajstić information content (AvgIpc) is 3.08. The molecule has 0 bridgehead atoms. The SMILES string of the molecule is COC(=O)c1cccc(NC(=O)c2ccc(C(F)(F)F)cc2OCc2c(C)noc2C)c1. The van der Waals surface area contributed by atoms with Crippen molar-refractivity contribution in [1.82, 2.24) is 5.16 Å². The van der Waals surface area contributed by atoms with E-state index in [2.05, 4.69) is 15.2 Å². The van der Waals surface area contributed by atoms with Gasteiger partial charge in [-0.15, -0.1) is 0 Å². The lowest BCUT2D eigenvalue weighted by Gasteiger charge is -2.15. The zero-order valence-corrected chi connectivity index (χ0v) is 17.4. The van der Waals surface area contributed by atoms with E-state index in [1.54, 1.807) is 13.8 Å². The predicted octanol–water partition coefficient (Wildman–Crippen LogP) is 4.93. The number of nitrogens with one attached hydrogen (secondary N) is 1. The van der Waals surface area contributed by atoms with Gasteiger partial charge in [0.05, 0.1) is 35.1 Å². The van der Waals surface area contributed by atoms with Gasteiger partial charge in [-0.25, -0.2) is 4.79 Å². The van der Waals surface area contributed by atoms with Crippen molar-refractivity contribution in [3.8, 4) is 5.75 Å². The number of halogens is 3. The smallest absolute Gasteiger partial charge is 0.416 e. The Morgan fingerprint density at radius 2 is 1.88 bits per heavy atom. The molecule has 1 amide bonds. The fraction of sp³-hybridized carbons (Fsp3) is 0.227. The van der Waals surface area contributed by atoms with Crippen molar-refractivity contribution in [2.75, 3.05) is 12.4 Å². The molecule has 3 rings (SSSR count). The fourth-order valence-electron chi connectivity index (χ4n) is 2.90. The molecule has 1 N–H and O–H groups in total. The van der Waals surface area contributed by atoms with Crippen LogP contribution < -0.4 is 10.1 Å². The second kappa shape index (κ2) is 9.13. The number of hydrogen-bond donors (Lipinski definition) is 1. The first kappa shape index (κ1) is 22.9. The van der Waals surface area contributed by atoms with Crippen molar-refractivity contribution < 1.29 is 36.8 Å². The Morgan fingerprint density at radius 1 is 1.12 bits per heavy atom. The number of ether oxygens (including phenoxy) is 2. The van der Waals surface area contributed by atoms with Crippen molar-refractivity contribution >= 4 is 17.6 Å². The minimum absolute atomic E-state index is 0.117. The lowest BCUT2D eigenvalue weighted by atomic mass is 10.1. The molecule has 10 heteroatoms. The molecule has 0 fully saturated rings. The Kier molecular flexibility index (Phi) is 6.52. The quantitative estimate of drug-likeness (QED) is 0.538. The molecule has 7 nitrogen and oxygen atoms in total. The van der Waals surface area contributed by atoms with Crippen LogP contribution in [0.5, 0.6) is 5.75 Å². The molecule has 0 saturated heterocycles. The Hall–Kier alpha value is -3.82. The number of rotatable bonds is 6. The molecule has 0 saturated carbocycles. The summed E-state index contributed by atoms with van der Waals surface area (Å²) in [6, 6.07) is 8.53. The number of carbonyl (C=O) groups is 2. The number of aryl methyl sites for hydroxylation is 2. The van der Waals surface area contributed by atoms with Crippen LogP contribution in [0.15, 0.2) is 47.0 Å². The van der Waals surface area contributed by atoms with Crippen molar-refractivity contribution in [2.45, 2.75) is 26.6 Å². The third-order valence-electron chi connectivity index (χ3n) is 4.65. The van der Waals surface area contributed by atoms with Gasteiger partial charge < -0.3 is 19.3 Å². The van der Waals surface area contributed by atoms with Gasteiger partial charge in [-0.2, -0.15) is 13.2 Å². The maximum absolute atomic E-state index is 13.2. The van der Waals surface area contributed by atoms with E-state index >= 15 is 0 Å². The summed E-state index contributed by atoms with van der Waals surface area (Å²) in [4.78, 5) is 24.5. The van der Waals surface area contributed by atoms with Crippen LogP contribution in [0, 0.1) is 13.8 Å². The molecule has 1 heterocycles. The monoisotopic (exact) mass is 448 g/mol.